The predicted molar refractivity (Wildman–Crippen MR) is 54.9 cm³/mol. The molecule has 0 bridgehead atoms. The summed E-state index contributed by atoms with van der Waals surface area (Å²) < 4.78 is 0. The number of nitrogens with one attached hydrogen (secondary N) is 1. The van der Waals surface area contributed by atoms with Gasteiger partial charge >= 0.3 is 0 Å². The van der Waals surface area contributed by atoms with Gasteiger partial charge in [-0.15, -0.1) is 0 Å². The topological polar surface area (TPSA) is 52.6 Å². The van der Waals surface area contributed by atoms with E-state index in [-0.39, 0.29) is 12.5 Å². The lowest BCUT2D eigenvalue weighted by Crippen LogP contribution is -2.41. The maximum Gasteiger partial charge on any atom is 0.246 e. The Hall–Kier alpha value is -0.870. The molecule has 0 aromatic heterocycles. The molecule has 0 saturated carbocycles. The Morgan fingerprint density at radius 1 is 1.71 bits per heavy atom. The molecule has 0 aromatic carbocycles. The van der Waals surface area contributed by atoms with Crippen LogP contribution >= 0.6 is 0 Å². The Morgan fingerprint density at radius 2 is 2.50 bits per heavy atom. The SMILES string of the molecule is C=CC(=O)N(CCO)CC1CCCN1. The minimum atomic E-state index is -0.104. The zero-order valence-electron chi connectivity index (χ0n) is 8.41. The second-order valence-corrected chi connectivity index (χ2v) is 3.51. The summed E-state index contributed by atoms with van der Waals surface area (Å²) in [7, 11) is 0. The molecule has 1 rings (SSSR count). The van der Waals surface area contributed by atoms with Crippen molar-refractivity contribution < 1.29 is 9.90 Å². The fraction of sp³-hybridized carbons (Fsp3) is 0.700. The average Bonchev–Trinajstić information content (AvgIpc) is 2.68. The van der Waals surface area contributed by atoms with E-state index in [1.165, 1.54) is 12.5 Å². The van der Waals surface area contributed by atoms with E-state index in [2.05, 4.69) is 11.9 Å². The van der Waals surface area contributed by atoms with E-state index in [1.54, 1.807) is 4.90 Å². The summed E-state index contributed by atoms with van der Waals surface area (Å²) >= 11 is 0. The average molecular weight is 198 g/mol. The molecule has 4 nitrogen and oxygen atoms in total. The molecule has 1 saturated heterocycles. The highest BCUT2D eigenvalue weighted by atomic mass is 16.3. The Morgan fingerprint density at radius 3 is 3.00 bits per heavy atom. The monoisotopic (exact) mass is 198 g/mol. The first kappa shape index (κ1) is 11.2. The molecule has 0 spiro atoms. The van der Waals surface area contributed by atoms with Crippen LogP contribution in [0.3, 0.4) is 0 Å². The van der Waals surface area contributed by atoms with E-state index < -0.39 is 0 Å². The molecule has 1 unspecified atom stereocenters. The van der Waals surface area contributed by atoms with Gasteiger partial charge in [0.15, 0.2) is 0 Å². The fourth-order valence-corrected chi connectivity index (χ4v) is 1.72. The quantitative estimate of drug-likeness (QED) is 0.599. The van der Waals surface area contributed by atoms with Crippen molar-refractivity contribution in [2.75, 3.05) is 26.2 Å². The van der Waals surface area contributed by atoms with Crippen LogP contribution in [0.5, 0.6) is 0 Å². The smallest absolute Gasteiger partial charge is 0.246 e. The molecule has 1 amide bonds. The van der Waals surface area contributed by atoms with E-state index in [0.717, 1.165) is 13.0 Å². The van der Waals surface area contributed by atoms with Gasteiger partial charge in [-0.05, 0) is 25.5 Å². The molecule has 14 heavy (non-hydrogen) atoms. The van der Waals surface area contributed by atoms with Gasteiger partial charge in [0.05, 0.1) is 6.61 Å². The lowest BCUT2D eigenvalue weighted by atomic mass is 10.2. The van der Waals surface area contributed by atoms with Gasteiger partial charge in [-0.2, -0.15) is 0 Å². The Kier molecular flexibility index (Phi) is 4.62. The highest BCUT2D eigenvalue weighted by molar-refractivity contribution is 5.87. The minimum Gasteiger partial charge on any atom is -0.395 e. The van der Waals surface area contributed by atoms with Crippen molar-refractivity contribution in [1.29, 1.82) is 0 Å². The lowest BCUT2D eigenvalue weighted by molar-refractivity contribution is -0.126. The van der Waals surface area contributed by atoms with Crippen LogP contribution < -0.4 is 5.32 Å². The molecular weight excluding hydrogens is 180 g/mol. The van der Waals surface area contributed by atoms with Gasteiger partial charge in [-0.25, -0.2) is 0 Å². The first-order chi connectivity index (χ1) is 6.77. The molecule has 1 aliphatic heterocycles. The zero-order chi connectivity index (χ0) is 10.4. The molecule has 0 aromatic rings. The van der Waals surface area contributed by atoms with E-state index in [1.807, 2.05) is 0 Å². The van der Waals surface area contributed by atoms with E-state index >= 15 is 0 Å². The van der Waals surface area contributed by atoms with Crippen LogP contribution in [-0.4, -0.2) is 48.2 Å². The van der Waals surface area contributed by atoms with Crippen LogP contribution in [0.1, 0.15) is 12.8 Å². The normalized spacial score (nSPS) is 20.8. The first-order valence-corrected chi connectivity index (χ1v) is 5.03. The third-order valence-electron chi connectivity index (χ3n) is 2.46. The van der Waals surface area contributed by atoms with Gasteiger partial charge in [0, 0.05) is 19.1 Å². The van der Waals surface area contributed by atoms with Gasteiger partial charge < -0.3 is 15.3 Å². The molecule has 2 N–H and O–H groups in total. The zero-order valence-corrected chi connectivity index (χ0v) is 8.41. The lowest BCUT2D eigenvalue weighted by Gasteiger charge is -2.23. The number of hydrogen-bond donors (Lipinski definition) is 2. The van der Waals surface area contributed by atoms with Crippen LogP contribution in [0.25, 0.3) is 0 Å². The third kappa shape index (κ3) is 3.12. The van der Waals surface area contributed by atoms with Crippen molar-refractivity contribution in [2.24, 2.45) is 0 Å². The van der Waals surface area contributed by atoms with Crippen LogP contribution in [-0.2, 0) is 4.79 Å². The van der Waals surface area contributed by atoms with Crippen LogP contribution in [0.2, 0.25) is 0 Å². The predicted octanol–water partition coefficient (Wildman–Crippen LogP) is -0.255. The first-order valence-electron chi connectivity index (χ1n) is 5.03. The van der Waals surface area contributed by atoms with E-state index in [4.69, 9.17) is 5.11 Å². The minimum absolute atomic E-state index is 0.00625. The molecule has 1 heterocycles. The van der Waals surface area contributed by atoms with Crippen LogP contribution in [0.15, 0.2) is 12.7 Å². The second kappa shape index (κ2) is 5.78. The third-order valence-corrected chi connectivity index (χ3v) is 2.46. The van der Waals surface area contributed by atoms with Crippen molar-refractivity contribution in [1.82, 2.24) is 10.2 Å². The van der Waals surface area contributed by atoms with E-state index in [9.17, 15) is 4.79 Å². The maximum absolute atomic E-state index is 11.4. The summed E-state index contributed by atoms with van der Waals surface area (Å²) in [6, 6.07) is 0.380. The number of amides is 1. The number of rotatable bonds is 5. The van der Waals surface area contributed by atoms with Crippen molar-refractivity contribution in [3.8, 4) is 0 Å². The Balaban J connectivity index is 2.40. The second-order valence-electron chi connectivity index (χ2n) is 3.51. The molecular formula is C10H18N2O2. The van der Waals surface area contributed by atoms with Crippen LogP contribution in [0, 0.1) is 0 Å². The highest BCUT2D eigenvalue weighted by Crippen LogP contribution is 2.07. The summed E-state index contributed by atoms with van der Waals surface area (Å²) in [4.78, 5) is 13.0. The molecule has 80 valence electrons. The standard InChI is InChI=1S/C10H18N2O2/c1-2-10(14)12(6-7-13)8-9-4-3-5-11-9/h2,9,11,13H,1,3-8H2. The van der Waals surface area contributed by atoms with Gasteiger partial charge in [-0.1, -0.05) is 6.58 Å². The Bertz CT molecular complexity index is 200. The summed E-state index contributed by atoms with van der Waals surface area (Å²) in [5.74, 6) is -0.104. The van der Waals surface area contributed by atoms with Gasteiger partial charge in [0.25, 0.3) is 0 Å². The highest BCUT2D eigenvalue weighted by Gasteiger charge is 2.19. The summed E-state index contributed by atoms with van der Waals surface area (Å²) in [6.07, 6.45) is 3.57. The molecule has 1 aliphatic rings. The van der Waals surface area contributed by atoms with Gasteiger partial charge in [0.1, 0.15) is 0 Å². The summed E-state index contributed by atoms with van der Waals surface area (Å²) in [6.45, 7) is 5.54. The van der Waals surface area contributed by atoms with Gasteiger partial charge in [0.2, 0.25) is 5.91 Å². The molecule has 0 aliphatic carbocycles. The number of hydrogen-bond acceptors (Lipinski definition) is 3. The van der Waals surface area contributed by atoms with Crippen molar-refractivity contribution >= 4 is 5.91 Å². The van der Waals surface area contributed by atoms with Crippen molar-refractivity contribution in [2.45, 2.75) is 18.9 Å². The molecule has 0 radical (unpaired) electrons. The Labute approximate surface area is 84.6 Å². The van der Waals surface area contributed by atoms with Crippen molar-refractivity contribution in [3.63, 3.8) is 0 Å². The molecule has 1 atom stereocenters. The maximum atomic E-state index is 11.4. The summed E-state index contributed by atoms with van der Waals surface area (Å²) in [5, 5.41) is 12.1. The number of aliphatic hydroxyl groups is 1. The fourth-order valence-electron chi connectivity index (χ4n) is 1.72. The van der Waals surface area contributed by atoms with Gasteiger partial charge in [-0.3, -0.25) is 4.79 Å². The number of carbonyl (C=O) groups excluding carboxylic acids is 1. The number of aliphatic hydroxyl groups excluding tert-OH is 1. The molecule has 1 fully saturated rings. The number of carbonyl (C=O) groups is 1. The summed E-state index contributed by atoms with van der Waals surface area (Å²) in [5.41, 5.74) is 0. The van der Waals surface area contributed by atoms with E-state index in [0.29, 0.717) is 19.1 Å². The van der Waals surface area contributed by atoms with Crippen molar-refractivity contribution in [3.05, 3.63) is 12.7 Å². The van der Waals surface area contributed by atoms with Crippen LogP contribution in [0.4, 0.5) is 0 Å². The number of nitrogens with zero attached hydrogens (tertiary/aromatic N) is 1. The molecule has 4 heteroatoms. The largest absolute Gasteiger partial charge is 0.395 e.